The van der Waals surface area contributed by atoms with Crippen molar-refractivity contribution in [3.8, 4) is 5.75 Å². The Bertz CT molecular complexity index is 307. The van der Waals surface area contributed by atoms with E-state index in [0.717, 1.165) is 31.7 Å². The molecule has 0 radical (unpaired) electrons. The fourth-order valence-electron chi connectivity index (χ4n) is 1.70. The fourth-order valence-corrected chi connectivity index (χ4v) is 1.70. The van der Waals surface area contributed by atoms with Crippen molar-refractivity contribution in [3.05, 3.63) is 11.9 Å². The van der Waals surface area contributed by atoms with Crippen molar-refractivity contribution in [3.63, 3.8) is 0 Å². The van der Waals surface area contributed by atoms with Gasteiger partial charge in [-0.3, -0.25) is 4.68 Å². The normalized spacial score (nSPS) is 11.1. The quantitative estimate of drug-likeness (QED) is 0.769. The summed E-state index contributed by atoms with van der Waals surface area (Å²) >= 11 is 0. The van der Waals surface area contributed by atoms with Gasteiger partial charge < -0.3 is 10.1 Å². The molecule has 0 spiro atoms. The van der Waals surface area contributed by atoms with Crippen LogP contribution in [-0.2, 0) is 13.0 Å². The van der Waals surface area contributed by atoms with Gasteiger partial charge in [0.1, 0.15) is 0 Å². The number of nitrogens with one attached hydrogen (secondary N) is 1. The van der Waals surface area contributed by atoms with Crippen LogP contribution in [0, 0.1) is 0 Å². The zero-order chi connectivity index (χ0) is 12.0. The van der Waals surface area contributed by atoms with E-state index < -0.39 is 0 Å². The second kappa shape index (κ2) is 6.53. The number of aromatic nitrogens is 2. The Labute approximate surface area is 98.0 Å². The maximum atomic E-state index is 5.32. The molecule has 0 atom stereocenters. The first kappa shape index (κ1) is 13.0. The molecule has 92 valence electrons. The average molecular weight is 225 g/mol. The van der Waals surface area contributed by atoms with Crippen molar-refractivity contribution in [1.82, 2.24) is 15.1 Å². The lowest BCUT2D eigenvalue weighted by Crippen LogP contribution is -2.25. The van der Waals surface area contributed by atoms with Crippen LogP contribution in [0.3, 0.4) is 0 Å². The lowest BCUT2D eigenvalue weighted by Gasteiger charge is -2.10. The SMILES string of the molecule is CCCn1ncc(OC)c1CCNC(C)C. The van der Waals surface area contributed by atoms with Crippen LogP contribution in [-0.4, -0.2) is 29.5 Å². The molecule has 0 fully saturated rings. The lowest BCUT2D eigenvalue weighted by molar-refractivity contribution is 0.405. The fraction of sp³-hybridized carbons (Fsp3) is 0.750. The Balaban J connectivity index is 2.63. The molecule has 0 aliphatic rings. The van der Waals surface area contributed by atoms with Crippen molar-refractivity contribution in [2.24, 2.45) is 0 Å². The third kappa shape index (κ3) is 3.52. The molecule has 0 unspecified atom stereocenters. The Morgan fingerprint density at radius 1 is 1.50 bits per heavy atom. The minimum Gasteiger partial charge on any atom is -0.493 e. The van der Waals surface area contributed by atoms with Gasteiger partial charge in [-0.2, -0.15) is 5.10 Å². The zero-order valence-corrected chi connectivity index (χ0v) is 10.8. The van der Waals surface area contributed by atoms with E-state index in [1.165, 1.54) is 5.69 Å². The molecule has 1 heterocycles. The van der Waals surface area contributed by atoms with Gasteiger partial charge in [0.05, 0.1) is 19.0 Å². The van der Waals surface area contributed by atoms with Crippen LogP contribution >= 0.6 is 0 Å². The summed E-state index contributed by atoms with van der Waals surface area (Å²) in [6, 6.07) is 0.522. The van der Waals surface area contributed by atoms with Crippen LogP contribution in [0.5, 0.6) is 5.75 Å². The molecule has 1 rings (SSSR count). The number of methoxy groups -OCH3 is 1. The number of aryl methyl sites for hydroxylation is 1. The number of hydrogen-bond donors (Lipinski definition) is 1. The van der Waals surface area contributed by atoms with Crippen LogP contribution in [0.15, 0.2) is 6.20 Å². The van der Waals surface area contributed by atoms with Crippen molar-refractivity contribution in [2.75, 3.05) is 13.7 Å². The highest BCUT2D eigenvalue weighted by molar-refractivity contribution is 5.25. The molecular weight excluding hydrogens is 202 g/mol. The molecule has 1 aromatic heterocycles. The summed E-state index contributed by atoms with van der Waals surface area (Å²) in [5, 5.41) is 7.75. The largest absolute Gasteiger partial charge is 0.493 e. The summed E-state index contributed by atoms with van der Waals surface area (Å²) in [7, 11) is 1.70. The molecule has 1 N–H and O–H groups in total. The highest BCUT2D eigenvalue weighted by Crippen LogP contribution is 2.18. The molecule has 16 heavy (non-hydrogen) atoms. The molecular formula is C12H23N3O. The third-order valence-electron chi connectivity index (χ3n) is 2.48. The van der Waals surface area contributed by atoms with E-state index in [1.807, 2.05) is 4.68 Å². The smallest absolute Gasteiger partial charge is 0.159 e. The van der Waals surface area contributed by atoms with E-state index in [0.29, 0.717) is 6.04 Å². The number of hydrogen-bond acceptors (Lipinski definition) is 3. The van der Waals surface area contributed by atoms with E-state index in [2.05, 4.69) is 31.2 Å². The minimum absolute atomic E-state index is 0.522. The second-order valence-electron chi connectivity index (χ2n) is 4.24. The average Bonchev–Trinajstić information content (AvgIpc) is 2.61. The van der Waals surface area contributed by atoms with Gasteiger partial charge in [-0.15, -0.1) is 0 Å². The Morgan fingerprint density at radius 2 is 2.25 bits per heavy atom. The van der Waals surface area contributed by atoms with Crippen LogP contribution < -0.4 is 10.1 Å². The maximum Gasteiger partial charge on any atom is 0.159 e. The van der Waals surface area contributed by atoms with Crippen LogP contribution in [0.4, 0.5) is 0 Å². The first-order chi connectivity index (χ1) is 7.69. The van der Waals surface area contributed by atoms with Crippen molar-refractivity contribution in [1.29, 1.82) is 0 Å². The Hall–Kier alpha value is -1.03. The minimum atomic E-state index is 0.522. The zero-order valence-electron chi connectivity index (χ0n) is 10.8. The number of rotatable bonds is 7. The van der Waals surface area contributed by atoms with E-state index in [4.69, 9.17) is 4.74 Å². The molecule has 0 saturated carbocycles. The predicted molar refractivity (Wildman–Crippen MR) is 65.9 cm³/mol. The standard InChI is InChI=1S/C12H23N3O/c1-5-8-15-11(6-7-13-10(2)3)12(16-4)9-14-15/h9-10,13H,5-8H2,1-4H3. The summed E-state index contributed by atoms with van der Waals surface area (Å²) in [4.78, 5) is 0. The Kier molecular flexibility index (Phi) is 5.32. The molecule has 4 heteroatoms. The van der Waals surface area contributed by atoms with Crippen molar-refractivity contribution < 1.29 is 4.74 Å². The van der Waals surface area contributed by atoms with Gasteiger partial charge in [0, 0.05) is 25.6 Å². The van der Waals surface area contributed by atoms with Gasteiger partial charge >= 0.3 is 0 Å². The topological polar surface area (TPSA) is 39.1 Å². The molecule has 0 aromatic carbocycles. The third-order valence-corrected chi connectivity index (χ3v) is 2.48. The molecule has 0 saturated heterocycles. The van der Waals surface area contributed by atoms with E-state index in [-0.39, 0.29) is 0 Å². The molecule has 1 aromatic rings. The molecule has 0 bridgehead atoms. The summed E-state index contributed by atoms with van der Waals surface area (Å²) < 4.78 is 7.36. The maximum absolute atomic E-state index is 5.32. The first-order valence-corrected chi connectivity index (χ1v) is 6.01. The van der Waals surface area contributed by atoms with Crippen LogP contribution in [0.1, 0.15) is 32.9 Å². The number of nitrogens with zero attached hydrogens (tertiary/aromatic N) is 2. The molecule has 4 nitrogen and oxygen atoms in total. The highest BCUT2D eigenvalue weighted by atomic mass is 16.5. The molecule has 0 aliphatic carbocycles. The van der Waals surface area contributed by atoms with Crippen LogP contribution in [0.2, 0.25) is 0 Å². The first-order valence-electron chi connectivity index (χ1n) is 6.01. The van der Waals surface area contributed by atoms with Crippen molar-refractivity contribution >= 4 is 0 Å². The summed E-state index contributed by atoms with van der Waals surface area (Å²) in [5.41, 5.74) is 1.19. The molecule has 0 amide bonds. The van der Waals surface area contributed by atoms with E-state index in [1.54, 1.807) is 13.3 Å². The van der Waals surface area contributed by atoms with Crippen LogP contribution in [0.25, 0.3) is 0 Å². The van der Waals surface area contributed by atoms with Gasteiger partial charge in [0.2, 0.25) is 0 Å². The molecule has 0 aliphatic heterocycles. The highest BCUT2D eigenvalue weighted by Gasteiger charge is 2.10. The van der Waals surface area contributed by atoms with E-state index >= 15 is 0 Å². The van der Waals surface area contributed by atoms with Crippen molar-refractivity contribution in [2.45, 2.75) is 46.2 Å². The predicted octanol–water partition coefficient (Wildman–Crippen LogP) is 1.84. The Morgan fingerprint density at radius 3 is 2.81 bits per heavy atom. The van der Waals surface area contributed by atoms with Gasteiger partial charge in [0.25, 0.3) is 0 Å². The number of ether oxygens (including phenoxy) is 1. The summed E-state index contributed by atoms with van der Waals surface area (Å²) in [6.45, 7) is 8.38. The summed E-state index contributed by atoms with van der Waals surface area (Å²) in [5.74, 6) is 0.902. The monoisotopic (exact) mass is 225 g/mol. The van der Waals surface area contributed by atoms with E-state index in [9.17, 15) is 0 Å². The lowest BCUT2D eigenvalue weighted by atomic mass is 10.2. The van der Waals surface area contributed by atoms with Gasteiger partial charge in [0.15, 0.2) is 5.75 Å². The van der Waals surface area contributed by atoms with Gasteiger partial charge in [-0.1, -0.05) is 20.8 Å². The van der Waals surface area contributed by atoms with Gasteiger partial charge in [-0.25, -0.2) is 0 Å². The van der Waals surface area contributed by atoms with Gasteiger partial charge in [-0.05, 0) is 6.42 Å². The second-order valence-corrected chi connectivity index (χ2v) is 4.24. The summed E-state index contributed by atoms with van der Waals surface area (Å²) in [6.07, 6.45) is 3.86.